The molecule has 0 fully saturated rings. The number of hydrogen-bond acceptors (Lipinski definition) is 4. The first-order valence-corrected chi connectivity index (χ1v) is 6.78. The van der Waals surface area contributed by atoms with E-state index in [2.05, 4.69) is 15.5 Å². The van der Waals surface area contributed by atoms with E-state index in [9.17, 15) is 9.90 Å². The van der Waals surface area contributed by atoms with E-state index in [1.807, 2.05) is 6.92 Å². The first kappa shape index (κ1) is 14.5. The van der Waals surface area contributed by atoms with Crippen molar-refractivity contribution in [1.29, 1.82) is 0 Å². The second-order valence-electron chi connectivity index (χ2n) is 4.45. The monoisotopic (exact) mass is 294 g/mol. The van der Waals surface area contributed by atoms with Crippen LogP contribution in [0.5, 0.6) is 0 Å². The highest BCUT2D eigenvalue weighted by Gasteiger charge is 2.24. The number of hydrogen-bond donors (Lipinski definition) is 1. The molecule has 1 atom stereocenters. The highest BCUT2D eigenvalue weighted by Crippen LogP contribution is 2.24. The van der Waals surface area contributed by atoms with Crippen LogP contribution in [0.15, 0.2) is 24.3 Å². The van der Waals surface area contributed by atoms with Crippen LogP contribution >= 0.6 is 11.6 Å². The van der Waals surface area contributed by atoms with E-state index in [4.69, 9.17) is 11.6 Å². The highest BCUT2D eigenvalue weighted by atomic mass is 35.5. The highest BCUT2D eigenvalue weighted by molar-refractivity contribution is 6.30. The standard InChI is InChI=1S/C13H15ClN4O2/c1-2-3-7-11(13(19)20)18-12(15-16-17-18)9-5-4-6-10(14)8-9/h4-6,8,11H,2-3,7H2,1H3,(H,19,20). The fraction of sp³-hybridized carbons (Fsp3) is 0.385. The third kappa shape index (κ3) is 3.14. The number of halogens is 1. The van der Waals surface area contributed by atoms with Crippen molar-refractivity contribution in [2.45, 2.75) is 32.2 Å². The van der Waals surface area contributed by atoms with Gasteiger partial charge in [-0.1, -0.05) is 43.5 Å². The van der Waals surface area contributed by atoms with Gasteiger partial charge in [-0.3, -0.25) is 0 Å². The number of aliphatic carboxylic acids is 1. The molecule has 0 saturated heterocycles. The molecular formula is C13H15ClN4O2. The van der Waals surface area contributed by atoms with Crippen LogP contribution in [0, 0.1) is 0 Å². The normalized spacial score (nSPS) is 12.3. The lowest BCUT2D eigenvalue weighted by Crippen LogP contribution is -2.21. The minimum Gasteiger partial charge on any atom is -0.480 e. The zero-order chi connectivity index (χ0) is 14.5. The number of tetrazole rings is 1. The largest absolute Gasteiger partial charge is 0.480 e. The van der Waals surface area contributed by atoms with Gasteiger partial charge in [-0.05, 0) is 29.0 Å². The smallest absolute Gasteiger partial charge is 0.328 e. The van der Waals surface area contributed by atoms with Crippen LogP contribution in [-0.4, -0.2) is 31.3 Å². The van der Waals surface area contributed by atoms with E-state index in [1.54, 1.807) is 24.3 Å². The summed E-state index contributed by atoms with van der Waals surface area (Å²) in [6.07, 6.45) is 2.20. The summed E-state index contributed by atoms with van der Waals surface area (Å²) in [4.78, 5) is 11.4. The predicted molar refractivity (Wildman–Crippen MR) is 74.5 cm³/mol. The SMILES string of the molecule is CCCCC(C(=O)O)n1nnnc1-c1cccc(Cl)c1. The number of aromatic nitrogens is 4. The van der Waals surface area contributed by atoms with E-state index in [0.29, 0.717) is 22.8 Å². The molecule has 0 radical (unpaired) electrons. The summed E-state index contributed by atoms with van der Waals surface area (Å²) < 4.78 is 1.35. The summed E-state index contributed by atoms with van der Waals surface area (Å²) >= 11 is 5.95. The molecule has 6 nitrogen and oxygen atoms in total. The van der Waals surface area contributed by atoms with Crippen molar-refractivity contribution in [1.82, 2.24) is 20.2 Å². The van der Waals surface area contributed by atoms with Gasteiger partial charge in [0.25, 0.3) is 0 Å². The second kappa shape index (κ2) is 6.47. The molecule has 0 saturated carbocycles. The summed E-state index contributed by atoms with van der Waals surface area (Å²) in [5, 5.41) is 21.3. The van der Waals surface area contributed by atoms with Crippen molar-refractivity contribution in [2.24, 2.45) is 0 Å². The van der Waals surface area contributed by atoms with Gasteiger partial charge in [0.05, 0.1) is 0 Å². The Morgan fingerprint density at radius 1 is 1.50 bits per heavy atom. The Bertz CT molecular complexity index is 600. The topological polar surface area (TPSA) is 80.9 Å². The third-order valence-corrected chi connectivity index (χ3v) is 3.22. The van der Waals surface area contributed by atoms with Crippen molar-refractivity contribution in [2.75, 3.05) is 0 Å². The molecule has 0 aliphatic rings. The molecule has 0 amide bonds. The van der Waals surface area contributed by atoms with Crippen molar-refractivity contribution in [3.05, 3.63) is 29.3 Å². The number of benzene rings is 1. The Balaban J connectivity index is 2.38. The molecule has 1 unspecified atom stereocenters. The van der Waals surface area contributed by atoms with Gasteiger partial charge in [-0.2, -0.15) is 0 Å². The lowest BCUT2D eigenvalue weighted by atomic mass is 10.1. The molecule has 1 N–H and O–H groups in total. The average molecular weight is 295 g/mol. The van der Waals surface area contributed by atoms with Crippen LogP contribution in [0.4, 0.5) is 0 Å². The minimum absolute atomic E-state index is 0.413. The first-order chi connectivity index (χ1) is 9.63. The van der Waals surface area contributed by atoms with Crippen LogP contribution in [-0.2, 0) is 4.79 Å². The number of rotatable bonds is 6. The van der Waals surface area contributed by atoms with Crippen molar-refractivity contribution in [3.63, 3.8) is 0 Å². The van der Waals surface area contributed by atoms with Gasteiger partial charge in [0.1, 0.15) is 0 Å². The Morgan fingerprint density at radius 2 is 2.30 bits per heavy atom. The number of carboxylic acids is 1. The van der Waals surface area contributed by atoms with Crippen LogP contribution in [0.25, 0.3) is 11.4 Å². The summed E-state index contributed by atoms with van der Waals surface area (Å²) in [6, 6.07) is 6.26. The van der Waals surface area contributed by atoms with Gasteiger partial charge in [-0.15, -0.1) is 5.10 Å². The summed E-state index contributed by atoms with van der Waals surface area (Å²) in [7, 11) is 0. The lowest BCUT2D eigenvalue weighted by Gasteiger charge is -2.13. The van der Waals surface area contributed by atoms with Gasteiger partial charge >= 0.3 is 5.97 Å². The quantitative estimate of drug-likeness (QED) is 0.886. The van der Waals surface area contributed by atoms with Gasteiger partial charge in [-0.25, -0.2) is 9.48 Å². The number of unbranched alkanes of at least 4 members (excludes halogenated alkanes) is 1. The summed E-state index contributed by atoms with van der Waals surface area (Å²) in [6.45, 7) is 2.01. The fourth-order valence-electron chi connectivity index (χ4n) is 1.97. The fourth-order valence-corrected chi connectivity index (χ4v) is 2.16. The molecule has 1 heterocycles. The van der Waals surface area contributed by atoms with Gasteiger partial charge < -0.3 is 5.11 Å². The van der Waals surface area contributed by atoms with Crippen LogP contribution < -0.4 is 0 Å². The average Bonchev–Trinajstić information content (AvgIpc) is 2.88. The van der Waals surface area contributed by atoms with E-state index < -0.39 is 12.0 Å². The van der Waals surface area contributed by atoms with Crippen LogP contribution in [0.3, 0.4) is 0 Å². The first-order valence-electron chi connectivity index (χ1n) is 6.40. The molecule has 7 heteroatoms. The number of carbonyl (C=O) groups is 1. The Morgan fingerprint density at radius 3 is 2.95 bits per heavy atom. The van der Waals surface area contributed by atoms with Gasteiger partial charge in [0.15, 0.2) is 11.9 Å². The molecule has 2 rings (SSSR count). The Kier molecular flexibility index (Phi) is 4.68. The maximum absolute atomic E-state index is 11.4. The number of nitrogens with zero attached hydrogens (tertiary/aromatic N) is 4. The molecule has 0 aliphatic carbocycles. The van der Waals surface area contributed by atoms with E-state index in [0.717, 1.165) is 12.8 Å². The van der Waals surface area contributed by atoms with Crippen LogP contribution in [0.2, 0.25) is 5.02 Å². The molecule has 106 valence electrons. The Labute approximate surface area is 121 Å². The predicted octanol–water partition coefficient (Wildman–Crippen LogP) is 2.81. The van der Waals surface area contributed by atoms with Crippen molar-refractivity contribution < 1.29 is 9.90 Å². The maximum atomic E-state index is 11.4. The summed E-state index contributed by atoms with van der Waals surface area (Å²) in [5.74, 6) is -0.523. The molecule has 2 aromatic rings. The zero-order valence-corrected chi connectivity index (χ0v) is 11.8. The molecule has 1 aromatic heterocycles. The maximum Gasteiger partial charge on any atom is 0.328 e. The zero-order valence-electron chi connectivity index (χ0n) is 11.0. The molecule has 0 spiro atoms. The summed E-state index contributed by atoms with van der Waals surface area (Å²) in [5.41, 5.74) is 0.699. The van der Waals surface area contributed by atoms with Gasteiger partial charge in [0, 0.05) is 10.6 Å². The lowest BCUT2D eigenvalue weighted by molar-refractivity contribution is -0.141. The van der Waals surface area contributed by atoms with E-state index >= 15 is 0 Å². The molecule has 20 heavy (non-hydrogen) atoms. The molecule has 0 bridgehead atoms. The number of carboxylic acid groups (broad SMARTS) is 1. The molecule has 1 aromatic carbocycles. The third-order valence-electron chi connectivity index (χ3n) is 2.99. The van der Waals surface area contributed by atoms with Gasteiger partial charge in [0.2, 0.25) is 0 Å². The van der Waals surface area contributed by atoms with Crippen LogP contribution in [0.1, 0.15) is 32.2 Å². The molecule has 0 aliphatic heterocycles. The van der Waals surface area contributed by atoms with Crippen molar-refractivity contribution in [3.8, 4) is 11.4 Å². The molecular weight excluding hydrogens is 280 g/mol. The van der Waals surface area contributed by atoms with Crippen molar-refractivity contribution >= 4 is 17.6 Å². The van der Waals surface area contributed by atoms with E-state index in [-0.39, 0.29) is 0 Å². The Hall–Kier alpha value is -1.95. The second-order valence-corrected chi connectivity index (χ2v) is 4.89. The van der Waals surface area contributed by atoms with E-state index in [1.165, 1.54) is 4.68 Å². The minimum atomic E-state index is -0.936.